The number of amides is 1. The van der Waals surface area contributed by atoms with E-state index in [0.717, 1.165) is 18.1 Å². The van der Waals surface area contributed by atoms with Gasteiger partial charge in [0.1, 0.15) is 17.6 Å². The van der Waals surface area contributed by atoms with Crippen molar-refractivity contribution in [1.82, 2.24) is 8.75 Å². The van der Waals surface area contributed by atoms with Crippen molar-refractivity contribution >= 4 is 46.0 Å². The lowest BCUT2D eigenvalue weighted by molar-refractivity contribution is -0.120. The van der Waals surface area contributed by atoms with Crippen LogP contribution in [0.3, 0.4) is 0 Å². The zero-order chi connectivity index (χ0) is 13.0. The van der Waals surface area contributed by atoms with E-state index >= 15 is 0 Å². The van der Waals surface area contributed by atoms with Crippen LogP contribution in [-0.4, -0.2) is 27.9 Å². The third-order valence-corrected chi connectivity index (χ3v) is 3.08. The second-order valence-corrected chi connectivity index (χ2v) is 4.59. The van der Waals surface area contributed by atoms with Crippen LogP contribution in [0, 0.1) is 0 Å². The number of nitrogens with one attached hydrogen (secondary N) is 1. The van der Waals surface area contributed by atoms with Gasteiger partial charge in [0.2, 0.25) is 5.91 Å². The van der Waals surface area contributed by atoms with E-state index in [2.05, 4.69) is 14.1 Å². The van der Waals surface area contributed by atoms with Gasteiger partial charge in [0, 0.05) is 6.61 Å². The van der Waals surface area contributed by atoms with Crippen molar-refractivity contribution in [2.45, 2.75) is 13.3 Å². The Labute approximate surface area is 113 Å². The lowest BCUT2D eigenvalue weighted by Crippen LogP contribution is -2.19. The van der Waals surface area contributed by atoms with E-state index < -0.39 is 0 Å². The molecule has 0 spiro atoms. The number of halogens is 1. The Kier molecular flexibility index (Phi) is 4.46. The Hall–Kier alpha value is -1.24. The van der Waals surface area contributed by atoms with E-state index in [1.165, 1.54) is 0 Å². The molecular formula is C11H12ClN3O2S. The molecular weight excluding hydrogens is 274 g/mol. The summed E-state index contributed by atoms with van der Waals surface area (Å²) in [4.78, 5) is 11.7. The predicted octanol–water partition coefficient (Wildman–Crippen LogP) is 2.71. The molecule has 0 saturated carbocycles. The highest BCUT2D eigenvalue weighted by molar-refractivity contribution is 7.00. The van der Waals surface area contributed by atoms with Gasteiger partial charge in [0.05, 0.1) is 22.4 Å². The number of nitrogens with zero attached hydrogens (tertiary/aromatic N) is 2. The maximum absolute atomic E-state index is 11.7. The van der Waals surface area contributed by atoms with E-state index in [1.54, 1.807) is 12.1 Å². The van der Waals surface area contributed by atoms with Gasteiger partial charge < -0.3 is 10.1 Å². The molecule has 0 radical (unpaired) electrons. The molecule has 5 nitrogen and oxygen atoms in total. The van der Waals surface area contributed by atoms with Crippen molar-refractivity contribution in [2.75, 3.05) is 18.5 Å². The van der Waals surface area contributed by atoms with Crippen LogP contribution in [0.15, 0.2) is 12.1 Å². The molecule has 1 N–H and O–H groups in total. The second-order valence-electron chi connectivity index (χ2n) is 3.66. The number of carbonyl (C=O) groups is 1. The van der Waals surface area contributed by atoms with Crippen LogP contribution in [0.4, 0.5) is 5.69 Å². The molecule has 1 amide bonds. The van der Waals surface area contributed by atoms with Gasteiger partial charge in [-0.25, -0.2) is 0 Å². The van der Waals surface area contributed by atoms with Crippen molar-refractivity contribution in [3.05, 3.63) is 17.2 Å². The van der Waals surface area contributed by atoms with Crippen molar-refractivity contribution in [3.8, 4) is 0 Å². The fourth-order valence-corrected chi connectivity index (χ4v) is 2.17. The van der Waals surface area contributed by atoms with Gasteiger partial charge in [-0.05, 0) is 18.6 Å². The minimum Gasteiger partial charge on any atom is -0.372 e. The Morgan fingerprint density at radius 2 is 2.33 bits per heavy atom. The standard InChI is InChI=1S/C11H12ClN3O2S/c1-2-5-17-6-9(16)13-10-7(12)3-4-8-11(10)15-18-14-8/h3-4H,2,5-6H2,1H3,(H,13,16). The molecule has 7 heteroatoms. The fraction of sp³-hybridized carbons (Fsp3) is 0.364. The first-order chi connectivity index (χ1) is 8.72. The summed E-state index contributed by atoms with van der Waals surface area (Å²) in [5, 5.41) is 3.15. The van der Waals surface area contributed by atoms with Crippen molar-refractivity contribution in [1.29, 1.82) is 0 Å². The van der Waals surface area contributed by atoms with Gasteiger partial charge in [-0.3, -0.25) is 4.79 Å². The first kappa shape index (κ1) is 13.2. The Morgan fingerprint density at radius 3 is 3.11 bits per heavy atom. The van der Waals surface area contributed by atoms with E-state index in [4.69, 9.17) is 16.3 Å². The van der Waals surface area contributed by atoms with Crippen LogP contribution < -0.4 is 5.32 Å². The molecule has 0 aliphatic heterocycles. The van der Waals surface area contributed by atoms with Crippen LogP contribution in [0.2, 0.25) is 5.02 Å². The molecule has 1 aromatic carbocycles. The molecule has 18 heavy (non-hydrogen) atoms. The lowest BCUT2D eigenvalue weighted by Gasteiger charge is -2.07. The SMILES string of the molecule is CCCOCC(=O)Nc1c(Cl)ccc2nsnc12. The Morgan fingerprint density at radius 1 is 1.50 bits per heavy atom. The van der Waals surface area contributed by atoms with Gasteiger partial charge in [-0.1, -0.05) is 18.5 Å². The average molecular weight is 286 g/mol. The molecule has 0 fully saturated rings. The van der Waals surface area contributed by atoms with E-state index in [1.807, 2.05) is 6.92 Å². The number of carbonyl (C=O) groups excluding carboxylic acids is 1. The average Bonchev–Trinajstić information content (AvgIpc) is 2.82. The zero-order valence-corrected chi connectivity index (χ0v) is 11.3. The molecule has 2 aromatic rings. The molecule has 2 rings (SSSR count). The summed E-state index contributed by atoms with van der Waals surface area (Å²) in [5.41, 5.74) is 1.82. The van der Waals surface area contributed by atoms with E-state index in [-0.39, 0.29) is 12.5 Å². The number of aromatic nitrogens is 2. The quantitative estimate of drug-likeness (QED) is 0.858. The highest BCUT2D eigenvalue weighted by atomic mass is 35.5. The van der Waals surface area contributed by atoms with Crippen LogP contribution in [0.5, 0.6) is 0 Å². The first-order valence-electron chi connectivity index (χ1n) is 5.50. The smallest absolute Gasteiger partial charge is 0.250 e. The lowest BCUT2D eigenvalue weighted by atomic mass is 10.2. The summed E-state index contributed by atoms with van der Waals surface area (Å²) in [6, 6.07) is 3.46. The number of anilines is 1. The Bertz CT molecular complexity index is 558. The van der Waals surface area contributed by atoms with Gasteiger partial charge >= 0.3 is 0 Å². The molecule has 0 saturated heterocycles. The third kappa shape index (κ3) is 2.95. The third-order valence-electron chi connectivity index (χ3n) is 2.22. The molecule has 0 bridgehead atoms. The molecule has 1 heterocycles. The Balaban J connectivity index is 2.13. The van der Waals surface area contributed by atoms with Crippen LogP contribution in [0.25, 0.3) is 11.0 Å². The number of hydrogen-bond donors (Lipinski definition) is 1. The number of rotatable bonds is 5. The summed E-state index contributed by atoms with van der Waals surface area (Å²) in [6.07, 6.45) is 0.875. The van der Waals surface area contributed by atoms with Crippen molar-refractivity contribution in [3.63, 3.8) is 0 Å². The molecule has 0 aliphatic rings. The maximum Gasteiger partial charge on any atom is 0.250 e. The van der Waals surface area contributed by atoms with Gasteiger partial charge in [-0.2, -0.15) is 8.75 Å². The van der Waals surface area contributed by atoms with Crippen LogP contribution in [0.1, 0.15) is 13.3 Å². The second kappa shape index (κ2) is 6.08. The summed E-state index contributed by atoms with van der Waals surface area (Å²) >= 11 is 7.13. The minimum atomic E-state index is -0.245. The minimum absolute atomic E-state index is 0.0120. The van der Waals surface area contributed by atoms with Crippen LogP contribution in [-0.2, 0) is 9.53 Å². The summed E-state index contributed by atoms with van der Waals surface area (Å²) < 4.78 is 13.4. The summed E-state index contributed by atoms with van der Waals surface area (Å²) in [7, 11) is 0. The number of fused-ring (bicyclic) bond motifs is 1. The zero-order valence-electron chi connectivity index (χ0n) is 9.77. The highest BCUT2D eigenvalue weighted by Crippen LogP contribution is 2.29. The topological polar surface area (TPSA) is 64.1 Å². The van der Waals surface area contributed by atoms with Crippen LogP contribution >= 0.6 is 23.3 Å². The van der Waals surface area contributed by atoms with Gasteiger partial charge in [0.25, 0.3) is 0 Å². The summed E-state index contributed by atoms with van der Waals surface area (Å²) in [6.45, 7) is 2.55. The van der Waals surface area contributed by atoms with Crippen molar-refractivity contribution in [2.24, 2.45) is 0 Å². The number of benzene rings is 1. The molecule has 0 atom stereocenters. The van der Waals surface area contributed by atoms with Gasteiger partial charge in [-0.15, -0.1) is 0 Å². The summed E-state index contributed by atoms with van der Waals surface area (Å²) in [5.74, 6) is -0.245. The fourth-order valence-electron chi connectivity index (χ4n) is 1.43. The highest BCUT2D eigenvalue weighted by Gasteiger charge is 2.12. The predicted molar refractivity (Wildman–Crippen MR) is 72.2 cm³/mol. The largest absolute Gasteiger partial charge is 0.372 e. The normalized spacial score (nSPS) is 10.8. The molecule has 1 aromatic heterocycles. The van der Waals surface area contributed by atoms with Crippen molar-refractivity contribution < 1.29 is 9.53 Å². The van der Waals surface area contributed by atoms with E-state index in [0.29, 0.717) is 28.4 Å². The molecule has 0 aliphatic carbocycles. The number of hydrogen-bond acceptors (Lipinski definition) is 5. The monoisotopic (exact) mass is 285 g/mol. The number of ether oxygens (including phenoxy) is 1. The molecule has 96 valence electrons. The molecule has 0 unspecified atom stereocenters. The first-order valence-corrected chi connectivity index (χ1v) is 6.61. The van der Waals surface area contributed by atoms with Gasteiger partial charge in [0.15, 0.2) is 0 Å². The van der Waals surface area contributed by atoms with E-state index in [9.17, 15) is 4.79 Å². The maximum atomic E-state index is 11.7.